The van der Waals surface area contributed by atoms with E-state index in [-0.39, 0.29) is 11.9 Å². The number of likely N-dealkylation sites (tertiary alicyclic amines) is 1. The van der Waals surface area contributed by atoms with Crippen LogP contribution in [0.2, 0.25) is 0 Å². The molecule has 0 amide bonds. The van der Waals surface area contributed by atoms with Gasteiger partial charge in [0.1, 0.15) is 0 Å². The van der Waals surface area contributed by atoms with Crippen LogP contribution in [0.5, 0.6) is 0 Å². The van der Waals surface area contributed by atoms with E-state index in [9.17, 15) is 18.0 Å². The molecule has 0 aromatic heterocycles. The van der Waals surface area contributed by atoms with Gasteiger partial charge in [-0.3, -0.25) is 9.69 Å². The SMILES string of the molecule is COC(=O)CC[C@H]1CN(Cc2cccc(C(F)(F)F)c2)CC[C@H]1N(C)C. The lowest BCUT2D eigenvalue weighted by Gasteiger charge is -2.41. The summed E-state index contributed by atoms with van der Waals surface area (Å²) in [6.07, 6.45) is -2.31. The number of hydrogen-bond donors (Lipinski definition) is 0. The predicted molar refractivity (Wildman–Crippen MR) is 93.6 cm³/mol. The van der Waals surface area contributed by atoms with Crippen LogP contribution in [0, 0.1) is 5.92 Å². The number of halogens is 3. The largest absolute Gasteiger partial charge is 0.469 e. The molecule has 2 rings (SSSR count). The second kappa shape index (κ2) is 8.86. The summed E-state index contributed by atoms with van der Waals surface area (Å²) in [5.41, 5.74) is 0.0512. The predicted octanol–water partition coefficient (Wildman–Crippen LogP) is 3.41. The van der Waals surface area contributed by atoms with E-state index < -0.39 is 11.7 Å². The van der Waals surface area contributed by atoms with Crippen LogP contribution in [0.1, 0.15) is 30.4 Å². The van der Waals surface area contributed by atoms with Gasteiger partial charge in [0.2, 0.25) is 0 Å². The molecule has 1 saturated heterocycles. The van der Waals surface area contributed by atoms with Crippen molar-refractivity contribution in [1.82, 2.24) is 9.80 Å². The summed E-state index contributed by atoms with van der Waals surface area (Å²) in [7, 11) is 5.43. The molecule has 4 nitrogen and oxygen atoms in total. The molecular weight excluding hydrogens is 345 g/mol. The molecule has 7 heteroatoms. The molecule has 0 saturated carbocycles. The number of carbonyl (C=O) groups excluding carboxylic acids is 1. The fourth-order valence-electron chi connectivity index (χ4n) is 3.71. The summed E-state index contributed by atoms with van der Waals surface area (Å²) in [6.45, 7) is 2.07. The Kier molecular flexibility index (Phi) is 7.06. The first-order valence-corrected chi connectivity index (χ1v) is 8.82. The number of hydrogen-bond acceptors (Lipinski definition) is 4. The van der Waals surface area contributed by atoms with E-state index in [4.69, 9.17) is 4.74 Å². The van der Waals surface area contributed by atoms with Crippen LogP contribution in [0.15, 0.2) is 24.3 Å². The van der Waals surface area contributed by atoms with Gasteiger partial charge in [-0.1, -0.05) is 18.2 Å². The number of rotatable bonds is 6. The van der Waals surface area contributed by atoms with Crippen molar-refractivity contribution in [3.05, 3.63) is 35.4 Å². The van der Waals surface area contributed by atoms with Gasteiger partial charge in [0, 0.05) is 25.6 Å². The minimum Gasteiger partial charge on any atom is -0.469 e. The van der Waals surface area contributed by atoms with Gasteiger partial charge in [0.05, 0.1) is 12.7 Å². The topological polar surface area (TPSA) is 32.8 Å². The van der Waals surface area contributed by atoms with E-state index in [1.807, 2.05) is 14.1 Å². The zero-order valence-corrected chi connectivity index (χ0v) is 15.6. The van der Waals surface area contributed by atoms with Crippen molar-refractivity contribution in [3.8, 4) is 0 Å². The average molecular weight is 372 g/mol. The van der Waals surface area contributed by atoms with Crippen LogP contribution < -0.4 is 0 Å². The van der Waals surface area contributed by atoms with E-state index in [1.54, 1.807) is 6.07 Å². The number of methoxy groups -OCH3 is 1. The summed E-state index contributed by atoms with van der Waals surface area (Å²) in [6, 6.07) is 5.87. The molecule has 0 spiro atoms. The molecule has 146 valence electrons. The van der Waals surface area contributed by atoms with Crippen molar-refractivity contribution < 1.29 is 22.7 Å². The number of ether oxygens (including phenoxy) is 1. The second-order valence-corrected chi connectivity index (χ2v) is 7.13. The fourth-order valence-corrected chi connectivity index (χ4v) is 3.71. The molecule has 1 heterocycles. The van der Waals surface area contributed by atoms with E-state index in [0.29, 0.717) is 31.0 Å². The second-order valence-electron chi connectivity index (χ2n) is 7.13. The summed E-state index contributed by atoms with van der Waals surface area (Å²) in [4.78, 5) is 15.8. The van der Waals surface area contributed by atoms with Gasteiger partial charge in [0.25, 0.3) is 0 Å². The molecule has 1 aliphatic rings. The Hall–Kier alpha value is -1.60. The highest BCUT2D eigenvalue weighted by Gasteiger charge is 2.32. The highest BCUT2D eigenvalue weighted by molar-refractivity contribution is 5.69. The van der Waals surface area contributed by atoms with Crippen molar-refractivity contribution in [2.75, 3.05) is 34.3 Å². The third-order valence-corrected chi connectivity index (χ3v) is 5.05. The van der Waals surface area contributed by atoms with Crippen LogP contribution in [-0.2, 0) is 22.3 Å². The molecule has 0 bridgehead atoms. The Bertz CT molecular complexity index is 605. The Labute approximate surface area is 152 Å². The smallest absolute Gasteiger partial charge is 0.416 e. The van der Waals surface area contributed by atoms with Gasteiger partial charge in [-0.25, -0.2) is 0 Å². The van der Waals surface area contributed by atoms with Gasteiger partial charge < -0.3 is 9.64 Å². The number of nitrogens with zero attached hydrogens (tertiary/aromatic N) is 2. The van der Waals surface area contributed by atoms with E-state index >= 15 is 0 Å². The number of piperidine rings is 1. The molecule has 0 aliphatic carbocycles. The van der Waals surface area contributed by atoms with E-state index in [2.05, 4.69) is 9.80 Å². The van der Waals surface area contributed by atoms with Crippen LogP contribution in [0.25, 0.3) is 0 Å². The highest BCUT2D eigenvalue weighted by atomic mass is 19.4. The Morgan fingerprint density at radius 1 is 1.35 bits per heavy atom. The van der Waals surface area contributed by atoms with Crippen molar-refractivity contribution in [2.24, 2.45) is 5.92 Å². The van der Waals surface area contributed by atoms with Crippen LogP contribution in [0.3, 0.4) is 0 Å². The minimum absolute atomic E-state index is 0.225. The fraction of sp³-hybridized carbons (Fsp3) is 0.632. The molecule has 1 aromatic carbocycles. The maximum atomic E-state index is 12.9. The quantitative estimate of drug-likeness (QED) is 0.717. The number of carbonyl (C=O) groups is 1. The standard InChI is InChI=1S/C19H27F3N2O2/c1-23(2)17-9-10-24(13-15(17)7-8-18(25)26-3)12-14-5-4-6-16(11-14)19(20,21)22/h4-6,11,15,17H,7-10,12-13H2,1-3H3/t15-,17+/m0/s1. The van der Waals surface area contributed by atoms with Crippen molar-refractivity contribution in [3.63, 3.8) is 0 Å². The van der Waals surface area contributed by atoms with Gasteiger partial charge in [-0.05, 0) is 51.0 Å². The minimum atomic E-state index is -4.32. The van der Waals surface area contributed by atoms with Crippen molar-refractivity contribution in [2.45, 2.75) is 38.0 Å². The van der Waals surface area contributed by atoms with Gasteiger partial charge >= 0.3 is 12.1 Å². The van der Waals surface area contributed by atoms with Crippen LogP contribution in [0.4, 0.5) is 13.2 Å². The highest BCUT2D eigenvalue weighted by Crippen LogP contribution is 2.31. The third kappa shape index (κ3) is 5.71. The maximum absolute atomic E-state index is 12.9. The molecule has 0 unspecified atom stereocenters. The molecule has 0 radical (unpaired) electrons. The number of benzene rings is 1. The van der Waals surface area contributed by atoms with Crippen LogP contribution >= 0.6 is 0 Å². The normalized spacial score (nSPS) is 21.8. The lowest BCUT2D eigenvalue weighted by Crippen LogP contribution is -2.48. The first-order chi connectivity index (χ1) is 12.2. The number of alkyl halides is 3. The summed E-state index contributed by atoms with van der Waals surface area (Å²) in [5, 5.41) is 0. The lowest BCUT2D eigenvalue weighted by molar-refractivity contribution is -0.141. The molecule has 2 atom stereocenters. The zero-order chi connectivity index (χ0) is 19.3. The van der Waals surface area contributed by atoms with E-state index in [1.165, 1.54) is 19.2 Å². The Morgan fingerprint density at radius 3 is 2.69 bits per heavy atom. The van der Waals surface area contributed by atoms with Gasteiger partial charge in [0.15, 0.2) is 0 Å². The Morgan fingerprint density at radius 2 is 2.08 bits per heavy atom. The lowest BCUT2D eigenvalue weighted by atomic mass is 9.87. The molecule has 1 aliphatic heterocycles. The molecular formula is C19H27F3N2O2. The monoisotopic (exact) mass is 372 g/mol. The summed E-state index contributed by atoms with van der Waals surface area (Å²) in [5.74, 6) is 0.0566. The van der Waals surface area contributed by atoms with Crippen LogP contribution in [-0.4, -0.2) is 56.1 Å². The number of esters is 1. The first kappa shape index (κ1) is 20.7. The van der Waals surface area contributed by atoms with Gasteiger partial charge in [-0.2, -0.15) is 13.2 Å². The van der Waals surface area contributed by atoms with Crippen molar-refractivity contribution >= 4 is 5.97 Å². The molecule has 0 N–H and O–H groups in total. The first-order valence-electron chi connectivity index (χ1n) is 8.82. The summed E-state index contributed by atoms with van der Waals surface area (Å²) < 4.78 is 43.4. The molecule has 1 aromatic rings. The molecule has 1 fully saturated rings. The molecule has 26 heavy (non-hydrogen) atoms. The zero-order valence-electron chi connectivity index (χ0n) is 15.6. The summed E-state index contributed by atoms with van der Waals surface area (Å²) >= 11 is 0. The van der Waals surface area contributed by atoms with Crippen molar-refractivity contribution in [1.29, 1.82) is 0 Å². The third-order valence-electron chi connectivity index (χ3n) is 5.05. The average Bonchev–Trinajstić information content (AvgIpc) is 2.59. The maximum Gasteiger partial charge on any atom is 0.416 e. The van der Waals surface area contributed by atoms with E-state index in [0.717, 1.165) is 25.6 Å². The van der Waals surface area contributed by atoms with Gasteiger partial charge in [-0.15, -0.1) is 0 Å². The Balaban J connectivity index is 2.03.